The fourth-order valence-electron chi connectivity index (χ4n) is 2.04. The summed E-state index contributed by atoms with van der Waals surface area (Å²) in [6.07, 6.45) is 2.82. The lowest BCUT2D eigenvalue weighted by atomic mass is 10.0. The number of benzene rings is 1. The normalized spacial score (nSPS) is 23.6. The van der Waals surface area contributed by atoms with Gasteiger partial charge in [-0.05, 0) is 31.4 Å². The minimum Gasteiger partial charge on any atom is -0.391 e. The molecule has 1 aliphatic rings. The molecule has 2 heteroatoms. The van der Waals surface area contributed by atoms with Crippen LogP contribution in [0.15, 0.2) is 30.3 Å². The van der Waals surface area contributed by atoms with Gasteiger partial charge in [-0.2, -0.15) is 0 Å². The van der Waals surface area contributed by atoms with Crippen molar-refractivity contribution in [2.45, 2.75) is 31.4 Å². The number of aliphatic hydroxyl groups excluding tert-OH is 1. The summed E-state index contributed by atoms with van der Waals surface area (Å²) in [5.74, 6) is 0. The average molecular weight is 191 g/mol. The molecular weight excluding hydrogens is 174 g/mol. The van der Waals surface area contributed by atoms with Crippen molar-refractivity contribution < 1.29 is 5.11 Å². The van der Waals surface area contributed by atoms with Crippen LogP contribution < -0.4 is 5.32 Å². The van der Waals surface area contributed by atoms with E-state index in [9.17, 15) is 5.11 Å². The third-order valence-electron chi connectivity index (χ3n) is 2.85. The number of hydrogen-bond donors (Lipinski definition) is 2. The summed E-state index contributed by atoms with van der Waals surface area (Å²) in [6.45, 7) is 1.05. The lowest BCUT2D eigenvalue weighted by Crippen LogP contribution is -2.36. The highest BCUT2D eigenvalue weighted by atomic mass is 16.3. The Kier molecular flexibility index (Phi) is 3.17. The van der Waals surface area contributed by atoms with E-state index in [-0.39, 0.29) is 6.10 Å². The molecule has 0 saturated carbocycles. The predicted molar refractivity (Wildman–Crippen MR) is 57.2 cm³/mol. The van der Waals surface area contributed by atoms with E-state index in [2.05, 4.69) is 17.4 Å². The van der Waals surface area contributed by atoms with Crippen LogP contribution >= 0.6 is 0 Å². The maximum Gasteiger partial charge on any atom is 0.0733 e. The summed E-state index contributed by atoms with van der Waals surface area (Å²) in [5.41, 5.74) is 1.22. The van der Waals surface area contributed by atoms with Gasteiger partial charge in [-0.25, -0.2) is 0 Å². The molecule has 0 radical (unpaired) electrons. The van der Waals surface area contributed by atoms with Crippen molar-refractivity contribution in [3.8, 4) is 0 Å². The molecule has 2 N–H and O–H groups in total. The van der Waals surface area contributed by atoms with E-state index in [0.717, 1.165) is 19.4 Å². The summed E-state index contributed by atoms with van der Waals surface area (Å²) < 4.78 is 0. The van der Waals surface area contributed by atoms with Gasteiger partial charge in [0.05, 0.1) is 6.10 Å². The Balaban J connectivity index is 1.90. The molecule has 1 aromatic carbocycles. The molecule has 1 aliphatic heterocycles. The molecule has 0 aromatic heterocycles. The van der Waals surface area contributed by atoms with Crippen LogP contribution in [-0.4, -0.2) is 23.8 Å². The van der Waals surface area contributed by atoms with E-state index in [1.54, 1.807) is 0 Å². The zero-order valence-electron chi connectivity index (χ0n) is 8.32. The topological polar surface area (TPSA) is 32.3 Å². The minimum absolute atomic E-state index is 0.236. The molecule has 2 rings (SSSR count). The Hall–Kier alpha value is -0.860. The van der Waals surface area contributed by atoms with Gasteiger partial charge in [0.15, 0.2) is 0 Å². The van der Waals surface area contributed by atoms with E-state index in [4.69, 9.17) is 0 Å². The maximum absolute atomic E-state index is 9.94. The van der Waals surface area contributed by atoms with Gasteiger partial charge >= 0.3 is 0 Å². The number of aliphatic hydroxyl groups is 1. The van der Waals surface area contributed by atoms with Crippen LogP contribution in [0.25, 0.3) is 0 Å². The van der Waals surface area contributed by atoms with Crippen molar-refractivity contribution in [3.63, 3.8) is 0 Å². The number of rotatable bonds is 3. The monoisotopic (exact) mass is 191 g/mol. The number of nitrogens with one attached hydrogen (secondary N) is 1. The van der Waals surface area contributed by atoms with Crippen LogP contribution in [-0.2, 0) is 6.42 Å². The third-order valence-corrected chi connectivity index (χ3v) is 2.85. The molecular formula is C12H17NO. The molecule has 76 valence electrons. The van der Waals surface area contributed by atoms with Crippen molar-refractivity contribution in [3.05, 3.63) is 35.9 Å². The smallest absolute Gasteiger partial charge is 0.0733 e. The van der Waals surface area contributed by atoms with Gasteiger partial charge in [0, 0.05) is 6.04 Å². The van der Waals surface area contributed by atoms with Crippen molar-refractivity contribution in [1.82, 2.24) is 5.32 Å². The fraction of sp³-hybridized carbons (Fsp3) is 0.500. The molecule has 0 bridgehead atoms. The molecule has 2 atom stereocenters. The summed E-state index contributed by atoms with van der Waals surface area (Å²) in [6, 6.07) is 10.5. The van der Waals surface area contributed by atoms with Crippen molar-refractivity contribution >= 4 is 0 Å². The standard InChI is InChI=1S/C12H17NO/c14-12(11-7-4-8-13-11)9-10-5-2-1-3-6-10/h1-3,5-6,11-14H,4,7-9H2. The van der Waals surface area contributed by atoms with Gasteiger partial charge in [-0.15, -0.1) is 0 Å². The van der Waals surface area contributed by atoms with Gasteiger partial charge in [0.2, 0.25) is 0 Å². The highest BCUT2D eigenvalue weighted by molar-refractivity contribution is 5.16. The van der Waals surface area contributed by atoms with E-state index in [0.29, 0.717) is 6.04 Å². The first kappa shape index (κ1) is 9.69. The van der Waals surface area contributed by atoms with Crippen LogP contribution in [0.3, 0.4) is 0 Å². The quantitative estimate of drug-likeness (QED) is 0.755. The first-order chi connectivity index (χ1) is 6.86. The van der Waals surface area contributed by atoms with Crippen LogP contribution in [0.4, 0.5) is 0 Å². The zero-order chi connectivity index (χ0) is 9.80. The van der Waals surface area contributed by atoms with E-state index < -0.39 is 0 Å². The molecule has 14 heavy (non-hydrogen) atoms. The van der Waals surface area contributed by atoms with Gasteiger partial charge in [0.1, 0.15) is 0 Å². The van der Waals surface area contributed by atoms with Crippen molar-refractivity contribution in [2.75, 3.05) is 6.54 Å². The van der Waals surface area contributed by atoms with E-state index in [1.165, 1.54) is 12.0 Å². The second-order valence-electron chi connectivity index (χ2n) is 3.96. The Morgan fingerprint density at radius 1 is 1.36 bits per heavy atom. The van der Waals surface area contributed by atoms with Crippen LogP contribution in [0.2, 0.25) is 0 Å². The summed E-state index contributed by atoms with van der Waals surface area (Å²) in [5, 5.41) is 13.3. The van der Waals surface area contributed by atoms with Crippen molar-refractivity contribution in [1.29, 1.82) is 0 Å². The van der Waals surface area contributed by atoms with Crippen molar-refractivity contribution in [2.24, 2.45) is 0 Å². The molecule has 1 aromatic rings. The first-order valence-corrected chi connectivity index (χ1v) is 5.31. The van der Waals surface area contributed by atoms with Gasteiger partial charge in [-0.3, -0.25) is 0 Å². The minimum atomic E-state index is -0.236. The molecule has 0 aliphatic carbocycles. The first-order valence-electron chi connectivity index (χ1n) is 5.31. The Labute approximate surface area is 85.0 Å². The van der Waals surface area contributed by atoms with Gasteiger partial charge < -0.3 is 10.4 Å². The summed E-state index contributed by atoms with van der Waals surface area (Å²) >= 11 is 0. The fourth-order valence-corrected chi connectivity index (χ4v) is 2.04. The molecule has 1 fully saturated rings. The van der Waals surface area contributed by atoms with Crippen LogP contribution in [0, 0.1) is 0 Å². The zero-order valence-corrected chi connectivity index (χ0v) is 8.32. The maximum atomic E-state index is 9.94. The molecule has 0 amide bonds. The lowest BCUT2D eigenvalue weighted by Gasteiger charge is -2.18. The highest BCUT2D eigenvalue weighted by Gasteiger charge is 2.22. The second-order valence-corrected chi connectivity index (χ2v) is 3.96. The molecule has 0 spiro atoms. The molecule has 1 saturated heterocycles. The SMILES string of the molecule is OC(Cc1ccccc1)C1CCCN1. The van der Waals surface area contributed by atoms with Gasteiger partial charge in [0.25, 0.3) is 0 Å². The Morgan fingerprint density at radius 3 is 2.79 bits per heavy atom. The second kappa shape index (κ2) is 4.58. The summed E-state index contributed by atoms with van der Waals surface area (Å²) in [7, 11) is 0. The highest BCUT2D eigenvalue weighted by Crippen LogP contribution is 2.13. The largest absolute Gasteiger partial charge is 0.391 e. The van der Waals surface area contributed by atoms with E-state index >= 15 is 0 Å². The third kappa shape index (κ3) is 2.34. The molecule has 1 heterocycles. The predicted octanol–water partition coefficient (Wildman–Crippen LogP) is 1.34. The summed E-state index contributed by atoms with van der Waals surface area (Å²) in [4.78, 5) is 0. The van der Waals surface area contributed by atoms with E-state index in [1.807, 2.05) is 18.2 Å². The number of hydrogen-bond acceptors (Lipinski definition) is 2. The van der Waals surface area contributed by atoms with Crippen LogP contribution in [0.1, 0.15) is 18.4 Å². The van der Waals surface area contributed by atoms with Gasteiger partial charge in [-0.1, -0.05) is 30.3 Å². The average Bonchev–Trinajstić information content (AvgIpc) is 2.72. The molecule has 2 unspecified atom stereocenters. The Bertz CT molecular complexity index is 267. The lowest BCUT2D eigenvalue weighted by molar-refractivity contribution is 0.136. The van der Waals surface area contributed by atoms with Crippen LogP contribution in [0.5, 0.6) is 0 Å². The Morgan fingerprint density at radius 2 is 2.14 bits per heavy atom. The molecule has 2 nitrogen and oxygen atoms in total.